The van der Waals surface area contributed by atoms with E-state index in [1.165, 1.54) is 29.8 Å². The lowest BCUT2D eigenvalue weighted by Gasteiger charge is -2.00. The summed E-state index contributed by atoms with van der Waals surface area (Å²) in [4.78, 5) is 4.74. The number of fused-ring (bicyclic) bond motifs is 1. The third-order valence-corrected chi connectivity index (χ3v) is 3.36. The van der Waals surface area contributed by atoms with Crippen LogP contribution in [-0.2, 0) is 6.42 Å². The van der Waals surface area contributed by atoms with Crippen LogP contribution in [-0.4, -0.2) is 15.9 Å². The number of hydrogen-bond acceptors (Lipinski definition) is 2. The second-order valence-corrected chi connectivity index (χ2v) is 4.66. The Labute approximate surface area is 95.3 Å². The summed E-state index contributed by atoms with van der Waals surface area (Å²) in [5.74, 6) is 0.720. The maximum absolute atomic E-state index is 5.57. The van der Waals surface area contributed by atoms with Crippen LogP contribution in [0, 0.1) is 6.92 Å². The first-order valence-corrected chi connectivity index (χ1v) is 5.97. The van der Waals surface area contributed by atoms with Crippen molar-refractivity contribution in [1.82, 2.24) is 9.38 Å². The summed E-state index contributed by atoms with van der Waals surface area (Å²) in [5, 5.41) is 0. The minimum Gasteiger partial charge on any atom is -0.330 e. The van der Waals surface area contributed by atoms with Crippen LogP contribution >= 0.6 is 0 Å². The largest absolute Gasteiger partial charge is 0.330 e. The Balaban J connectivity index is 2.09. The fourth-order valence-electron chi connectivity index (χ4n) is 2.29. The molecule has 16 heavy (non-hydrogen) atoms. The summed E-state index contributed by atoms with van der Waals surface area (Å²) < 4.78 is 2.19. The Kier molecular flexibility index (Phi) is 2.21. The lowest BCUT2D eigenvalue weighted by atomic mass is 10.2. The number of aryl methyl sites for hydroxylation is 1. The summed E-state index contributed by atoms with van der Waals surface area (Å²) in [5.41, 5.74) is 10.5. The van der Waals surface area contributed by atoms with Crippen LogP contribution < -0.4 is 5.73 Å². The zero-order valence-corrected chi connectivity index (χ0v) is 9.61. The van der Waals surface area contributed by atoms with Gasteiger partial charge in [0.1, 0.15) is 5.65 Å². The first-order valence-electron chi connectivity index (χ1n) is 5.97. The van der Waals surface area contributed by atoms with Crippen molar-refractivity contribution in [3.05, 3.63) is 35.3 Å². The molecular formula is C13H17N3. The molecule has 0 atom stereocenters. The minimum atomic E-state index is 0.700. The number of hydrogen-bond donors (Lipinski definition) is 1. The lowest BCUT2D eigenvalue weighted by Crippen LogP contribution is -2.03. The van der Waals surface area contributed by atoms with Crippen LogP contribution in [0.15, 0.2) is 18.3 Å². The second kappa shape index (κ2) is 3.59. The third-order valence-electron chi connectivity index (χ3n) is 3.36. The quantitative estimate of drug-likeness (QED) is 0.851. The fraction of sp³-hybridized carbons (Fsp3) is 0.462. The molecule has 0 aliphatic heterocycles. The number of imidazole rings is 1. The van der Waals surface area contributed by atoms with Crippen LogP contribution in [0.1, 0.15) is 35.7 Å². The van der Waals surface area contributed by atoms with Gasteiger partial charge in [-0.3, -0.25) is 0 Å². The molecule has 2 aromatic heterocycles. The highest BCUT2D eigenvalue weighted by Gasteiger charge is 2.28. The van der Waals surface area contributed by atoms with Gasteiger partial charge in [-0.2, -0.15) is 0 Å². The van der Waals surface area contributed by atoms with E-state index in [4.69, 9.17) is 10.7 Å². The zero-order chi connectivity index (χ0) is 11.1. The summed E-state index contributed by atoms with van der Waals surface area (Å²) in [6.07, 6.45) is 5.66. The predicted octanol–water partition coefficient (Wildman–Crippen LogP) is 2.02. The van der Waals surface area contributed by atoms with E-state index in [-0.39, 0.29) is 0 Å². The van der Waals surface area contributed by atoms with E-state index in [9.17, 15) is 0 Å². The average molecular weight is 215 g/mol. The standard InChI is InChI=1S/C13H17N3/c1-9-13(11-2-3-11)15-12-8-10(4-6-14)5-7-16(9)12/h5,7-8,11H,2-4,6,14H2,1H3. The van der Waals surface area contributed by atoms with E-state index in [0.29, 0.717) is 6.54 Å². The van der Waals surface area contributed by atoms with Gasteiger partial charge in [-0.05, 0) is 50.4 Å². The molecule has 3 nitrogen and oxygen atoms in total. The van der Waals surface area contributed by atoms with Crippen molar-refractivity contribution in [2.45, 2.75) is 32.1 Å². The molecule has 2 N–H and O–H groups in total. The highest BCUT2D eigenvalue weighted by Crippen LogP contribution is 2.41. The van der Waals surface area contributed by atoms with Crippen LogP contribution in [0.4, 0.5) is 0 Å². The zero-order valence-electron chi connectivity index (χ0n) is 9.61. The maximum Gasteiger partial charge on any atom is 0.137 e. The van der Waals surface area contributed by atoms with Crippen molar-refractivity contribution in [2.75, 3.05) is 6.54 Å². The lowest BCUT2D eigenvalue weighted by molar-refractivity contribution is 0.959. The molecule has 3 heteroatoms. The second-order valence-electron chi connectivity index (χ2n) is 4.66. The van der Waals surface area contributed by atoms with Gasteiger partial charge in [-0.15, -0.1) is 0 Å². The molecule has 0 radical (unpaired) electrons. The van der Waals surface area contributed by atoms with Gasteiger partial charge in [-0.25, -0.2) is 4.98 Å². The van der Waals surface area contributed by atoms with Crippen LogP contribution in [0.2, 0.25) is 0 Å². The molecule has 0 spiro atoms. The van der Waals surface area contributed by atoms with E-state index < -0.39 is 0 Å². The van der Waals surface area contributed by atoms with E-state index in [1.54, 1.807) is 0 Å². The van der Waals surface area contributed by atoms with E-state index in [2.05, 4.69) is 29.7 Å². The first kappa shape index (κ1) is 9.85. The monoisotopic (exact) mass is 215 g/mol. The molecule has 0 amide bonds. The average Bonchev–Trinajstić information content (AvgIpc) is 3.06. The van der Waals surface area contributed by atoms with Gasteiger partial charge in [0.25, 0.3) is 0 Å². The molecule has 2 aromatic rings. The van der Waals surface area contributed by atoms with Crippen LogP contribution in [0.5, 0.6) is 0 Å². The van der Waals surface area contributed by atoms with Gasteiger partial charge in [-0.1, -0.05) is 0 Å². The van der Waals surface area contributed by atoms with Crippen LogP contribution in [0.3, 0.4) is 0 Å². The molecule has 1 saturated carbocycles. The smallest absolute Gasteiger partial charge is 0.137 e. The van der Waals surface area contributed by atoms with Crippen molar-refractivity contribution in [3.8, 4) is 0 Å². The fourth-order valence-corrected chi connectivity index (χ4v) is 2.29. The summed E-state index contributed by atoms with van der Waals surface area (Å²) in [6, 6.07) is 4.30. The van der Waals surface area contributed by atoms with Gasteiger partial charge >= 0.3 is 0 Å². The molecule has 3 rings (SSSR count). The highest BCUT2D eigenvalue weighted by molar-refractivity contribution is 5.47. The molecule has 0 aromatic carbocycles. The van der Waals surface area contributed by atoms with Crippen molar-refractivity contribution < 1.29 is 0 Å². The number of nitrogens with zero attached hydrogens (tertiary/aromatic N) is 2. The van der Waals surface area contributed by atoms with Crippen molar-refractivity contribution in [3.63, 3.8) is 0 Å². The van der Waals surface area contributed by atoms with Crippen molar-refractivity contribution in [1.29, 1.82) is 0 Å². The molecule has 1 fully saturated rings. The molecular weight excluding hydrogens is 198 g/mol. The molecule has 84 valence electrons. The Morgan fingerprint density at radius 2 is 2.31 bits per heavy atom. The van der Waals surface area contributed by atoms with Crippen LogP contribution in [0.25, 0.3) is 5.65 Å². The van der Waals surface area contributed by atoms with Crippen molar-refractivity contribution in [2.24, 2.45) is 5.73 Å². The van der Waals surface area contributed by atoms with Crippen molar-refractivity contribution >= 4 is 5.65 Å². The number of nitrogens with two attached hydrogens (primary N) is 1. The molecule has 1 aliphatic carbocycles. The Hall–Kier alpha value is -1.35. The Bertz CT molecular complexity index is 523. The van der Waals surface area contributed by atoms with Gasteiger partial charge in [0, 0.05) is 17.8 Å². The molecule has 2 heterocycles. The normalized spacial score (nSPS) is 15.9. The highest BCUT2D eigenvalue weighted by atomic mass is 15.0. The number of rotatable bonds is 3. The van der Waals surface area contributed by atoms with Gasteiger partial charge in [0.2, 0.25) is 0 Å². The topological polar surface area (TPSA) is 43.3 Å². The maximum atomic E-state index is 5.57. The third kappa shape index (κ3) is 1.52. The molecule has 0 saturated heterocycles. The van der Waals surface area contributed by atoms with E-state index in [1.807, 2.05) is 0 Å². The first-order chi connectivity index (χ1) is 7.79. The number of pyridine rings is 1. The summed E-state index contributed by atoms with van der Waals surface area (Å²) >= 11 is 0. The van der Waals surface area contributed by atoms with E-state index >= 15 is 0 Å². The summed E-state index contributed by atoms with van der Waals surface area (Å²) in [7, 11) is 0. The van der Waals surface area contributed by atoms with E-state index in [0.717, 1.165) is 18.0 Å². The Morgan fingerprint density at radius 3 is 3.00 bits per heavy atom. The summed E-state index contributed by atoms with van der Waals surface area (Å²) in [6.45, 7) is 2.86. The number of aromatic nitrogens is 2. The minimum absolute atomic E-state index is 0.700. The van der Waals surface area contributed by atoms with Gasteiger partial charge in [0.05, 0.1) is 5.69 Å². The van der Waals surface area contributed by atoms with Gasteiger partial charge in [0.15, 0.2) is 0 Å². The SMILES string of the molecule is Cc1c(C2CC2)nc2cc(CCN)ccn12. The van der Waals surface area contributed by atoms with Gasteiger partial charge < -0.3 is 10.1 Å². The molecule has 0 bridgehead atoms. The molecule has 0 unspecified atom stereocenters. The predicted molar refractivity (Wildman–Crippen MR) is 64.7 cm³/mol. The Morgan fingerprint density at radius 1 is 1.50 bits per heavy atom. The molecule has 1 aliphatic rings.